The lowest BCUT2D eigenvalue weighted by Gasteiger charge is -2.23. The van der Waals surface area contributed by atoms with E-state index in [1.165, 1.54) is 6.20 Å². The second-order valence-corrected chi connectivity index (χ2v) is 3.77. The molecule has 0 atom stereocenters. The predicted molar refractivity (Wildman–Crippen MR) is 50.3 cm³/mol. The molecule has 1 amide bonds. The van der Waals surface area contributed by atoms with Gasteiger partial charge in [0.15, 0.2) is 6.39 Å². The molecule has 82 valence electrons. The highest BCUT2D eigenvalue weighted by atomic mass is 16.4. The number of carboxylic acids is 1. The minimum atomic E-state index is -0.974. The maximum atomic E-state index is 11.5. The summed E-state index contributed by atoms with van der Waals surface area (Å²) in [7, 11) is 0. The summed E-state index contributed by atoms with van der Waals surface area (Å²) in [6, 6.07) is 0. The number of oxazole rings is 1. The molecule has 2 N–H and O–H groups in total. The Morgan fingerprint density at radius 2 is 2.27 bits per heavy atom. The molecule has 6 nitrogen and oxygen atoms in total. The number of hydrogen-bond acceptors (Lipinski definition) is 4. The molecule has 0 saturated carbocycles. The van der Waals surface area contributed by atoms with E-state index in [1.54, 1.807) is 13.8 Å². The van der Waals surface area contributed by atoms with E-state index < -0.39 is 17.4 Å². The molecule has 0 fully saturated rings. The third kappa shape index (κ3) is 3.41. The average Bonchev–Trinajstić information content (AvgIpc) is 2.50. The zero-order valence-electron chi connectivity index (χ0n) is 8.48. The van der Waals surface area contributed by atoms with Crippen molar-refractivity contribution in [1.29, 1.82) is 0 Å². The summed E-state index contributed by atoms with van der Waals surface area (Å²) in [5, 5.41) is 11.1. The Bertz CT molecular complexity index is 356. The highest BCUT2D eigenvalue weighted by Gasteiger charge is 2.25. The highest BCUT2D eigenvalue weighted by Crippen LogP contribution is 2.09. The Morgan fingerprint density at radius 1 is 1.60 bits per heavy atom. The Kier molecular flexibility index (Phi) is 3.08. The van der Waals surface area contributed by atoms with E-state index in [-0.39, 0.29) is 12.2 Å². The first-order valence-electron chi connectivity index (χ1n) is 4.33. The summed E-state index contributed by atoms with van der Waals surface area (Å²) in [5.41, 5.74) is -0.824. The number of carbonyl (C=O) groups is 2. The number of rotatable bonds is 4. The summed E-state index contributed by atoms with van der Waals surface area (Å²) in [4.78, 5) is 25.6. The minimum absolute atomic E-state index is 0.0634. The zero-order valence-corrected chi connectivity index (χ0v) is 8.48. The number of nitrogens with zero attached hydrogens (tertiary/aromatic N) is 1. The minimum Gasteiger partial charge on any atom is -0.481 e. The van der Waals surface area contributed by atoms with Crippen LogP contribution in [0.15, 0.2) is 17.0 Å². The molecule has 0 aliphatic carbocycles. The third-order valence-electron chi connectivity index (χ3n) is 1.70. The van der Waals surface area contributed by atoms with Crippen molar-refractivity contribution in [3.63, 3.8) is 0 Å². The molecule has 1 aromatic rings. The zero-order chi connectivity index (χ0) is 11.5. The van der Waals surface area contributed by atoms with E-state index in [4.69, 9.17) is 9.52 Å². The lowest BCUT2D eigenvalue weighted by molar-refractivity contribution is -0.138. The van der Waals surface area contributed by atoms with Crippen molar-refractivity contribution < 1.29 is 19.1 Å². The molecule has 0 spiro atoms. The quantitative estimate of drug-likeness (QED) is 0.764. The first-order chi connectivity index (χ1) is 6.91. The molecule has 0 saturated heterocycles. The van der Waals surface area contributed by atoms with Gasteiger partial charge in [-0.05, 0) is 13.8 Å². The standard InChI is InChI=1S/C9H12N2O4/c1-9(2,3-7(12)13)11-8(14)6-4-10-5-15-6/h4-5H,3H2,1-2H3,(H,11,14)(H,12,13). The second-order valence-electron chi connectivity index (χ2n) is 3.77. The van der Waals surface area contributed by atoms with Crippen LogP contribution in [0.4, 0.5) is 0 Å². The molecule has 6 heteroatoms. The second kappa shape index (κ2) is 4.12. The van der Waals surface area contributed by atoms with Gasteiger partial charge in [-0.15, -0.1) is 0 Å². The normalized spacial score (nSPS) is 11.1. The van der Waals surface area contributed by atoms with Gasteiger partial charge in [-0.1, -0.05) is 0 Å². The number of nitrogens with one attached hydrogen (secondary N) is 1. The Balaban J connectivity index is 2.61. The Morgan fingerprint density at radius 3 is 2.73 bits per heavy atom. The number of carboxylic acid groups (broad SMARTS) is 1. The Labute approximate surface area is 86.3 Å². The van der Waals surface area contributed by atoms with Crippen molar-refractivity contribution in [2.75, 3.05) is 0 Å². The van der Waals surface area contributed by atoms with Crippen LogP contribution in [0, 0.1) is 0 Å². The highest BCUT2D eigenvalue weighted by molar-refractivity contribution is 5.91. The maximum Gasteiger partial charge on any atom is 0.305 e. The molecular weight excluding hydrogens is 200 g/mol. The van der Waals surface area contributed by atoms with Gasteiger partial charge >= 0.3 is 5.97 Å². The van der Waals surface area contributed by atoms with Crippen LogP contribution in [0.1, 0.15) is 30.8 Å². The van der Waals surface area contributed by atoms with Crippen LogP contribution in [0.3, 0.4) is 0 Å². The summed E-state index contributed by atoms with van der Waals surface area (Å²) in [5.74, 6) is -1.38. The summed E-state index contributed by atoms with van der Waals surface area (Å²) < 4.78 is 4.78. The fourth-order valence-electron chi connectivity index (χ4n) is 1.12. The molecule has 1 aromatic heterocycles. The van der Waals surface area contributed by atoms with Gasteiger partial charge in [0.05, 0.1) is 12.6 Å². The van der Waals surface area contributed by atoms with Crippen LogP contribution in [-0.2, 0) is 4.79 Å². The van der Waals surface area contributed by atoms with E-state index in [1.807, 2.05) is 0 Å². The summed E-state index contributed by atoms with van der Waals surface area (Å²) >= 11 is 0. The monoisotopic (exact) mass is 212 g/mol. The summed E-state index contributed by atoms with van der Waals surface area (Å²) in [6.45, 7) is 3.24. The van der Waals surface area contributed by atoms with Gasteiger partial charge in [0.25, 0.3) is 5.91 Å². The third-order valence-corrected chi connectivity index (χ3v) is 1.70. The molecule has 0 aliphatic rings. The van der Waals surface area contributed by atoms with E-state index in [0.717, 1.165) is 6.39 Å². The van der Waals surface area contributed by atoms with Gasteiger partial charge in [-0.2, -0.15) is 0 Å². The lowest BCUT2D eigenvalue weighted by Crippen LogP contribution is -2.44. The van der Waals surface area contributed by atoms with Crippen molar-refractivity contribution in [3.8, 4) is 0 Å². The van der Waals surface area contributed by atoms with Gasteiger partial charge < -0.3 is 14.8 Å². The molecule has 0 bridgehead atoms. The topological polar surface area (TPSA) is 92.4 Å². The fraction of sp³-hybridized carbons (Fsp3) is 0.444. The van der Waals surface area contributed by atoms with Crippen molar-refractivity contribution >= 4 is 11.9 Å². The number of hydrogen-bond donors (Lipinski definition) is 2. The summed E-state index contributed by atoms with van der Waals surface area (Å²) in [6.07, 6.45) is 2.25. The van der Waals surface area contributed by atoms with Crippen molar-refractivity contribution in [2.45, 2.75) is 25.8 Å². The van der Waals surface area contributed by atoms with E-state index >= 15 is 0 Å². The van der Waals surface area contributed by atoms with Crippen LogP contribution in [0.2, 0.25) is 0 Å². The van der Waals surface area contributed by atoms with Crippen molar-refractivity contribution in [2.24, 2.45) is 0 Å². The predicted octanol–water partition coefficient (Wildman–Crippen LogP) is 0.658. The van der Waals surface area contributed by atoms with Gasteiger partial charge in [0, 0.05) is 5.54 Å². The van der Waals surface area contributed by atoms with E-state index in [9.17, 15) is 9.59 Å². The SMILES string of the molecule is CC(C)(CC(=O)O)NC(=O)c1cnco1. The maximum absolute atomic E-state index is 11.5. The van der Waals surface area contributed by atoms with Crippen molar-refractivity contribution in [1.82, 2.24) is 10.3 Å². The van der Waals surface area contributed by atoms with Gasteiger partial charge in [-0.3, -0.25) is 9.59 Å². The number of carbonyl (C=O) groups excluding carboxylic acids is 1. The average molecular weight is 212 g/mol. The molecule has 0 unspecified atom stereocenters. The Hall–Kier alpha value is -1.85. The molecule has 15 heavy (non-hydrogen) atoms. The van der Waals surface area contributed by atoms with Crippen LogP contribution < -0.4 is 5.32 Å². The molecule has 0 aliphatic heterocycles. The van der Waals surface area contributed by atoms with Gasteiger partial charge in [-0.25, -0.2) is 4.98 Å². The molecule has 0 radical (unpaired) electrons. The van der Waals surface area contributed by atoms with Crippen LogP contribution in [-0.4, -0.2) is 27.5 Å². The molecular formula is C9H12N2O4. The van der Waals surface area contributed by atoms with Crippen LogP contribution in [0.5, 0.6) is 0 Å². The van der Waals surface area contributed by atoms with Crippen LogP contribution in [0.25, 0.3) is 0 Å². The lowest BCUT2D eigenvalue weighted by atomic mass is 10.0. The molecule has 1 rings (SSSR count). The van der Waals surface area contributed by atoms with Gasteiger partial charge in [0.2, 0.25) is 5.76 Å². The number of aliphatic carboxylic acids is 1. The smallest absolute Gasteiger partial charge is 0.305 e. The largest absolute Gasteiger partial charge is 0.481 e. The van der Waals surface area contributed by atoms with E-state index in [2.05, 4.69) is 10.3 Å². The fourth-order valence-corrected chi connectivity index (χ4v) is 1.12. The first kappa shape index (κ1) is 11.2. The van der Waals surface area contributed by atoms with E-state index in [0.29, 0.717) is 0 Å². The first-order valence-corrected chi connectivity index (χ1v) is 4.33. The van der Waals surface area contributed by atoms with Crippen LogP contribution >= 0.6 is 0 Å². The number of aromatic nitrogens is 1. The van der Waals surface area contributed by atoms with Crippen molar-refractivity contribution in [3.05, 3.63) is 18.4 Å². The molecule has 1 heterocycles. The number of amides is 1. The van der Waals surface area contributed by atoms with Gasteiger partial charge in [0.1, 0.15) is 0 Å². The molecule has 0 aromatic carbocycles.